The maximum absolute atomic E-state index is 10.8. The van der Waals surface area contributed by atoms with E-state index in [1.54, 1.807) is 12.5 Å². The molecule has 0 saturated carbocycles. The second-order valence-electron chi connectivity index (χ2n) is 2.59. The van der Waals surface area contributed by atoms with E-state index < -0.39 is 0 Å². The van der Waals surface area contributed by atoms with E-state index in [4.69, 9.17) is 4.74 Å². The van der Waals surface area contributed by atoms with Crippen LogP contribution in [0.4, 0.5) is 0 Å². The fraction of sp³-hybridized carbons (Fsp3) is 0.182. The molecule has 0 atom stereocenters. The van der Waals surface area contributed by atoms with Crippen molar-refractivity contribution >= 4 is 17.7 Å². The average molecular weight is 224 g/mol. The fourth-order valence-corrected chi connectivity index (χ4v) is 1.70. The Labute approximate surface area is 93.1 Å². The molecule has 0 aromatic heterocycles. The molecule has 0 saturated heterocycles. The smallest absolute Gasteiger partial charge is 0.330 e. The molecule has 15 heavy (non-hydrogen) atoms. The fourth-order valence-electron chi connectivity index (χ4n) is 0.947. The Balaban J connectivity index is 2.64. The van der Waals surface area contributed by atoms with Crippen molar-refractivity contribution in [2.45, 2.75) is 4.90 Å². The van der Waals surface area contributed by atoms with Crippen molar-refractivity contribution < 1.29 is 14.3 Å². The molecule has 0 heterocycles. The quantitative estimate of drug-likeness (QED) is 0.447. The van der Waals surface area contributed by atoms with Gasteiger partial charge in [0.2, 0.25) is 0 Å². The maximum Gasteiger partial charge on any atom is 0.330 e. The van der Waals surface area contributed by atoms with Gasteiger partial charge in [-0.3, -0.25) is 0 Å². The van der Waals surface area contributed by atoms with Gasteiger partial charge in [0.05, 0.1) is 19.1 Å². The van der Waals surface area contributed by atoms with Crippen molar-refractivity contribution in [2.24, 2.45) is 0 Å². The third kappa shape index (κ3) is 3.67. The summed E-state index contributed by atoms with van der Waals surface area (Å²) in [5.41, 5.74) is 0. The van der Waals surface area contributed by atoms with Crippen LogP contribution in [-0.4, -0.2) is 20.2 Å². The highest BCUT2D eigenvalue weighted by Crippen LogP contribution is 2.29. The third-order valence-electron chi connectivity index (χ3n) is 1.67. The van der Waals surface area contributed by atoms with Gasteiger partial charge in [-0.15, -0.1) is 0 Å². The van der Waals surface area contributed by atoms with E-state index in [0.717, 1.165) is 10.6 Å². The molecule has 0 spiro atoms. The van der Waals surface area contributed by atoms with Crippen molar-refractivity contribution in [3.63, 3.8) is 0 Å². The molecular formula is C11H12O3S. The van der Waals surface area contributed by atoms with E-state index in [1.807, 2.05) is 24.3 Å². The topological polar surface area (TPSA) is 35.5 Å². The number of carbonyl (C=O) groups is 1. The largest absolute Gasteiger partial charge is 0.496 e. The second-order valence-corrected chi connectivity index (χ2v) is 3.54. The average Bonchev–Trinajstić information content (AvgIpc) is 2.29. The van der Waals surface area contributed by atoms with Crippen molar-refractivity contribution in [2.75, 3.05) is 14.2 Å². The molecule has 0 amide bonds. The van der Waals surface area contributed by atoms with Gasteiger partial charge in [0.1, 0.15) is 5.75 Å². The second kappa shape index (κ2) is 6.14. The van der Waals surface area contributed by atoms with Crippen molar-refractivity contribution in [3.8, 4) is 5.75 Å². The van der Waals surface area contributed by atoms with Gasteiger partial charge in [0.25, 0.3) is 0 Å². The summed E-state index contributed by atoms with van der Waals surface area (Å²) >= 11 is 1.41. The summed E-state index contributed by atoms with van der Waals surface area (Å²) < 4.78 is 9.63. The van der Waals surface area contributed by atoms with Crippen LogP contribution in [0.2, 0.25) is 0 Å². The number of hydrogen-bond donors (Lipinski definition) is 0. The van der Waals surface area contributed by atoms with Gasteiger partial charge in [-0.1, -0.05) is 23.9 Å². The number of rotatable bonds is 4. The minimum atomic E-state index is -0.364. The molecule has 1 aromatic rings. The SMILES string of the molecule is COC(=O)C=CSc1ccccc1OC. The molecule has 0 radical (unpaired) electrons. The number of esters is 1. The third-order valence-corrected chi connectivity index (χ3v) is 2.53. The zero-order chi connectivity index (χ0) is 11.1. The number of carbonyl (C=O) groups excluding carboxylic acids is 1. The Kier molecular flexibility index (Phi) is 4.77. The molecule has 0 bridgehead atoms. The van der Waals surface area contributed by atoms with E-state index in [1.165, 1.54) is 24.9 Å². The first-order chi connectivity index (χ1) is 7.27. The molecule has 1 aromatic carbocycles. The first-order valence-corrected chi connectivity index (χ1v) is 5.20. The first-order valence-electron chi connectivity index (χ1n) is 4.32. The Bertz CT molecular complexity index is 361. The minimum Gasteiger partial charge on any atom is -0.496 e. The van der Waals surface area contributed by atoms with Gasteiger partial charge >= 0.3 is 5.97 Å². The van der Waals surface area contributed by atoms with Gasteiger partial charge in [0.15, 0.2) is 0 Å². The lowest BCUT2D eigenvalue weighted by atomic mass is 10.3. The molecule has 0 unspecified atom stereocenters. The van der Waals surface area contributed by atoms with Crippen LogP contribution < -0.4 is 4.74 Å². The highest BCUT2D eigenvalue weighted by Gasteiger charge is 1.99. The monoisotopic (exact) mass is 224 g/mol. The van der Waals surface area contributed by atoms with Gasteiger partial charge in [-0.05, 0) is 17.5 Å². The van der Waals surface area contributed by atoms with E-state index >= 15 is 0 Å². The number of methoxy groups -OCH3 is 2. The molecule has 0 aliphatic rings. The van der Waals surface area contributed by atoms with E-state index in [0.29, 0.717) is 0 Å². The molecule has 0 aliphatic carbocycles. The molecule has 3 nitrogen and oxygen atoms in total. The van der Waals surface area contributed by atoms with Crippen LogP contribution in [0.3, 0.4) is 0 Å². The number of ether oxygens (including phenoxy) is 2. The van der Waals surface area contributed by atoms with Crippen LogP contribution in [0, 0.1) is 0 Å². The minimum absolute atomic E-state index is 0.364. The van der Waals surface area contributed by atoms with Gasteiger partial charge in [-0.2, -0.15) is 0 Å². The number of benzene rings is 1. The van der Waals surface area contributed by atoms with Crippen LogP contribution in [0.25, 0.3) is 0 Å². The highest BCUT2D eigenvalue weighted by molar-refractivity contribution is 8.02. The van der Waals surface area contributed by atoms with Crippen molar-refractivity contribution in [1.82, 2.24) is 0 Å². The maximum atomic E-state index is 10.8. The van der Waals surface area contributed by atoms with Gasteiger partial charge < -0.3 is 9.47 Å². The summed E-state index contributed by atoms with van der Waals surface area (Å²) in [6.45, 7) is 0. The standard InChI is InChI=1S/C11H12O3S/c1-13-9-5-3-4-6-10(9)15-8-7-11(12)14-2/h3-8H,1-2H3. The normalized spacial score (nSPS) is 10.3. The van der Waals surface area contributed by atoms with Crippen LogP contribution in [0.1, 0.15) is 0 Å². The highest BCUT2D eigenvalue weighted by atomic mass is 32.2. The Morgan fingerprint density at radius 1 is 1.33 bits per heavy atom. The van der Waals surface area contributed by atoms with Gasteiger partial charge in [-0.25, -0.2) is 4.79 Å². The summed E-state index contributed by atoms with van der Waals surface area (Å²) in [5, 5.41) is 1.67. The van der Waals surface area contributed by atoms with Gasteiger partial charge in [0, 0.05) is 6.08 Å². The zero-order valence-electron chi connectivity index (χ0n) is 8.60. The predicted octanol–water partition coefficient (Wildman–Crippen LogP) is 2.47. The number of hydrogen-bond acceptors (Lipinski definition) is 4. The molecular weight excluding hydrogens is 212 g/mol. The molecule has 1 rings (SSSR count). The summed E-state index contributed by atoms with van der Waals surface area (Å²) in [5.74, 6) is 0.425. The summed E-state index contributed by atoms with van der Waals surface area (Å²) in [4.78, 5) is 11.8. The molecule has 0 N–H and O–H groups in total. The van der Waals surface area contributed by atoms with Crippen molar-refractivity contribution in [1.29, 1.82) is 0 Å². The Hall–Kier alpha value is -1.42. The van der Waals surface area contributed by atoms with E-state index in [2.05, 4.69) is 4.74 Å². The lowest BCUT2D eigenvalue weighted by Crippen LogP contribution is -1.92. The Morgan fingerprint density at radius 3 is 2.73 bits per heavy atom. The van der Waals surface area contributed by atoms with Crippen LogP contribution in [-0.2, 0) is 9.53 Å². The molecule has 80 valence electrons. The van der Waals surface area contributed by atoms with E-state index in [-0.39, 0.29) is 5.97 Å². The molecule has 4 heteroatoms. The molecule has 0 aliphatic heterocycles. The summed E-state index contributed by atoms with van der Waals surface area (Å²) in [6, 6.07) is 7.60. The molecule has 0 fully saturated rings. The summed E-state index contributed by atoms with van der Waals surface area (Å²) in [6.07, 6.45) is 1.37. The Morgan fingerprint density at radius 2 is 2.07 bits per heavy atom. The lowest BCUT2D eigenvalue weighted by Gasteiger charge is -2.04. The predicted molar refractivity (Wildman–Crippen MR) is 60.0 cm³/mol. The van der Waals surface area contributed by atoms with Crippen molar-refractivity contribution in [3.05, 3.63) is 35.7 Å². The number of thioether (sulfide) groups is 1. The van der Waals surface area contributed by atoms with Crippen LogP contribution >= 0.6 is 11.8 Å². The van der Waals surface area contributed by atoms with Crippen LogP contribution in [0.15, 0.2) is 40.6 Å². The first kappa shape index (κ1) is 11.7. The number of para-hydroxylation sites is 1. The van der Waals surface area contributed by atoms with E-state index in [9.17, 15) is 4.79 Å². The zero-order valence-corrected chi connectivity index (χ0v) is 9.41. The summed E-state index contributed by atoms with van der Waals surface area (Å²) in [7, 11) is 2.96. The van der Waals surface area contributed by atoms with Crippen LogP contribution in [0.5, 0.6) is 5.75 Å². The lowest BCUT2D eigenvalue weighted by molar-refractivity contribution is -0.134.